The Kier molecular flexibility index (Phi) is 3.77. The summed E-state index contributed by atoms with van der Waals surface area (Å²) in [6.45, 7) is 2.38. The van der Waals surface area contributed by atoms with Crippen molar-refractivity contribution in [2.45, 2.75) is 13.0 Å². The van der Waals surface area contributed by atoms with Gasteiger partial charge in [-0.25, -0.2) is 4.39 Å². The van der Waals surface area contributed by atoms with Gasteiger partial charge in [-0.2, -0.15) is 0 Å². The van der Waals surface area contributed by atoms with E-state index in [-0.39, 0.29) is 5.82 Å². The molecule has 0 aromatic heterocycles. The van der Waals surface area contributed by atoms with Crippen molar-refractivity contribution in [2.75, 3.05) is 13.1 Å². The molecule has 16 heavy (non-hydrogen) atoms. The fourth-order valence-electron chi connectivity index (χ4n) is 1.49. The summed E-state index contributed by atoms with van der Waals surface area (Å²) in [7, 11) is 0. The monoisotopic (exact) mass is 285 g/mol. The van der Waals surface area contributed by atoms with Gasteiger partial charge in [0.1, 0.15) is 5.82 Å². The van der Waals surface area contributed by atoms with Crippen LogP contribution in [-0.2, 0) is 6.54 Å². The molecular weight excluding hydrogens is 273 g/mol. The molecule has 0 spiro atoms. The van der Waals surface area contributed by atoms with Crippen LogP contribution in [0.1, 0.15) is 12.0 Å². The van der Waals surface area contributed by atoms with E-state index < -0.39 is 0 Å². The van der Waals surface area contributed by atoms with Crippen LogP contribution in [0.4, 0.5) is 4.39 Å². The highest BCUT2D eigenvalue weighted by molar-refractivity contribution is 9.10. The number of halogens is 2. The summed E-state index contributed by atoms with van der Waals surface area (Å²) >= 11 is 3.13. The normalized spacial score (nSPS) is 15.2. The van der Waals surface area contributed by atoms with E-state index in [4.69, 9.17) is 0 Å². The fraction of sp³-hybridized carbons (Fsp3) is 0.364. The highest BCUT2D eigenvalue weighted by atomic mass is 79.9. The quantitative estimate of drug-likeness (QED) is 0.872. The smallest absolute Gasteiger partial charge is 0.191 e. The van der Waals surface area contributed by atoms with Gasteiger partial charge in [0.05, 0.1) is 4.47 Å². The Bertz CT molecular complexity index is 406. The average Bonchev–Trinajstić information content (AvgIpc) is 2.32. The molecule has 1 aromatic carbocycles. The van der Waals surface area contributed by atoms with E-state index in [1.807, 2.05) is 6.07 Å². The van der Waals surface area contributed by atoms with Crippen molar-refractivity contribution in [3.63, 3.8) is 0 Å². The first kappa shape index (κ1) is 11.4. The van der Waals surface area contributed by atoms with Gasteiger partial charge in [0.2, 0.25) is 0 Å². The van der Waals surface area contributed by atoms with Crippen molar-refractivity contribution in [3.05, 3.63) is 34.1 Å². The lowest BCUT2D eigenvalue weighted by Crippen LogP contribution is -2.40. The molecule has 1 heterocycles. The maximum atomic E-state index is 13.2. The van der Waals surface area contributed by atoms with Crippen LogP contribution in [0.3, 0.4) is 0 Å². The molecule has 1 aliphatic heterocycles. The van der Waals surface area contributed by atoms with Crippen LogP contribution in [0.15, 0.2) is 27.7 Å². The number of rotatable bonds is 2. The summed E-state index contributed by atoms with van der Waals surface area (Å²) in [5.74, 6) is 0.562. The maximum absolute atomic E-state index is 13.2. The van der Waals surface area contributed by atoms with Crippen molar-refractivity contribution in [1.82, 2.24) is 10.6 Å². The molecule has 1 aromatic rings. The van der Waals surface area contributed by atoms with Crippen molar-refractivity contribution in [3.8, 4) is 0 Å². The third-order valence-corrected chi connectivity index (χ3v) is 2.98. The summed E-state index contributed by atoms with van der Waals surface area (Å²) in [5.41, 5.74) is 0.899. The molecule has 1 aliphatic rings. The second-order valence-corrected chi connectivity index (χ2v) is 4.47. The molecule has 0 atom stereocenters. The molecule has 0 aliphatic carbocycles. The van der Waals surface area contributed by atoms with Crippen LogP contribution in [0.2, 0.25) is 0 Å². The Morgan fingerprint density at radius 1 is 1.50 bits per heavy atom. The molecule has 0 unspecified atom stereocenters. The third kappa shape index (κ3) is 2.95. The molecular formula is C11H13BrFN3. The SMILES string of the molecule is Fc1cc(CNC2=NCCCN2)ccc1Br. The number of hydrogen-bond donors (Lipinski definition) is 2. The minimum Gasteiger partial charge on any atom is -0.356 e. The largest absolute Gasteiger partial charge is 0.356 e. The lowest BCUT2D eigenvalue weighted by atomic mass is 10.2. The summed E-state index contributed by atoms with van der Waals surface area (Å²) in [6, 6.07) is 5.10. The molecule has 2 rings (SSSR count). The van der Waals surface area contributed by atoms with Crippen LogP contribution in [0, 0.1) is 5.82 Å². The molecule has 0 saturated heterocycles. The molecule has 3 nitrogen and oxygen atoms in total. The van der Waals surface area contributed by atoms with Gasteiger partial charge in [0, 0.05) is 19.6 Å². The molecule has 2 N–H and O–H groups in total. The minimum atomic E-state index is -0.238. The Morgan fingerprint density at radius 3 is 3.06 bits per heavy atom. The van der Waals surface area contributed by atoms with Gasteiger partial charge >= 0.3 is 0 Å². The summed E-state index contributed by atoms with van der Waals surface area (Å²) in [6.07, 6.45) is 1.07. The highest BCUT2D eigenvalue weighted by Gasteiger charge is 2.04. The van der Waals surface area contributed by atoms with Gasteiger partial charge in [-0.3, -0.25) is 4.99 Å². The Labute approximate surface area is 102 Å². The first-order valence-electron chi connectivity index (χ1n) is 5.22. The van der Waals surface area contributed by atoms with E-state index in [0.29, 0.717) is 11.0 Å². The predicted octanol–water partition coefficient (Wildman–Crippen LogP) is 2.03. The third-order valence-electron chi connectivity index (χ3n) is 2.34. The van der Waals surface area contributed by atoms with Crippen molar-refractivity contribution >= 4 is 21.9 Å². The lowest BCUT2D eigenvalue weighted by molar-refractivity contribution is 0.617. The molecule has 0 bridgehead atoms. The Balaban J connectivity index is 1.94. The van der Waals surface area contributed by atoms with Crippen LogP contribution < -0.4 is 10.6 Å². The molecule has 86 valence electrons. The molecule has 0 fully saturated rings. The second kappa shape index (κ2) is 5.30. The first-order chi connectivity index (χ1) is 7.75. The zero-order valence-electron chi connectivity index (χ0n) is 8.76. The van der Waals surface area contributed by atoms with E-state index in [0.717, 1.165) is 31.0 Å². The minimum absolute atomic E-state index is 0.238. The van der Waals surface area contributed by atoms with Gasteiger partial charge in [-0.15, -0.1) is 0 Å². The maximum Gasteiger partial charge on any atom is 0.191 e. The number of nitrogens with zero attached hydrogens (tertiary/aromatic N) is 1. The standard InChI is InChI=1S/C11H13BrFN3/c12-9-3-2-8(6-10(9)13)7-16-11-14-4-1-5-15-11/h2-3,6H,1,4-5,7H2,(H2,14,15,16). The zero-order chi connectivity index (χ0) is 11.4. The van der Waals surface area contributed by atoms with E-state index in [1.54, 1.807) is 6.07 Å². The molecule has 0 amide bonds. The van der Waals surface area contributed by atoms with Crippen molar-refractivity contribution in [2.24, 2.45) is 4.99 Å². The van der Waals surface area contributed by atoms with Crippen LogP contribution >= 0.6 is 15.9 Å². The zero-order valence-corrected chi connectivity index (χ0v) is 10.3. The van der Waals surface area contributed by atoms with Gasteiger partial charge in [-0.05, 0) is 40.0 Å². The first-order valence-corrected chi connectivity index (χ1v) is 6.01. The highest BCUT2D eigenvalue weighted by Crippen LogP contribution is 2.16. The fourth-order valence-corrected chi connectivity index (χ4v) is 1.73. The summed E-state index contributed by atoms with van der Waals surface area (Å²) in [4.78, 5) is 4.28. The summed E-state index contributed by atoms with van der Waals surface area (Å²) < 4.78 is 13.7. The Morgan fingerprint density at radius 2 is 2.38 bits per heavy atom. The number of nitrogens with one attached hydrogen (secondary N) is 2. The lowest BCUT2D eigenvalue weighted by Gasteiger charge is -2.16. The van der Waals surface area contributed by atoms with Gasteiger partial charge in [-0.1, -0.05) is 6.07 Å². The number of aliphatic imine (C=N–C) groups is 1. The van der Waals surface area contributed by atoms with Crippen LogP contribution in [-0.4, -0.2) is 19.0 Å². The average molecular weight is 286 g/mol. The predicted molar refractivity (Wildman–Crippen MR) is 65.9 cm³/mol. The number of guanidine groups is 1. The van der Waals surface area contributed by atoms with E-state index in [1.165, 1.54) is 6.07 Å². The van der Waals surface area contributed by atoms with Crippen molar-refractivity contribution < 1.29 is 4.39 Å². The topological polar surface area (TPSA) is 36.4 Å². The van der Waals surface area contributed by atoms with Crippen LogP contribution in [0.5, 0.6) is 0 Å². The second-order valence-electron chi connectivity index (χ2n) is 3.61. The van der Waals surface area contributed by atoms with E-state index in [2.05, 4.69) is 31.6 Å². The van der Waals surface area contributed by atoms with E-state index in [9.17, 15) is 4.39 Å². The summed E-state index contributed by atoms with van der Waals surface area (Å²) in [5, 5.41) is 6.29. The molecule has 5 heteroatoms. The molecule has 0 radical (unpaired) electrons. The van der Waals surface area contributed by atoms with Crippen molar-refractivity contribution in [1.29, 1.82) is 0 Å². The molecule has 0 saturated carbocycles. The number of hydrogen-bond acceptors (Lipinski definition) is 3. The van der Waals surface area contributed by atoms with Gasteiger partial charge in [0.25, 0.3) is 0 Å². The Hall–Kier alpha value is -1.10. The van der Waals surface area contributed by atoms with Crippen LogP contribution in [0.25, 0.3) is 0 Å². The van der Waals surface area contributed by atoms with Gasteiger partial charge < -0.3 is 10.6 Å². The van der Waals surface area contributed by atoms with E-state index >= 15 is 0 Å². The van der Waals surface area contributed by atoms with Gasteiger partial charge in [0.15, 0.2) is 5.96 Å². The number of benzene rings is 1.